The van der Waals surface area contributed by atoms with Crippen LogP contribution in [0.25, 0.3) is 10.2 Å². The molecule has 0 radical (unpaired) electrons. The number of morpholine rings is 1. The zero-order valence-electron chi connectivity index (χ0n) is 20.2. The number of thiophene rings is 1. The van der Waals surface area contributed by atoms with E-state index in [4.69, 9.17) is 19.2 Å². The first-order chi connectivity index (χ1) is 16.2. The van der Waals surface area contributed by atoms with E-state index in [-0.39, 0.29) is 6.10 Å². The van der Waals surface area contributed by atoms with E-state index in [9.17, 15) is 0 Å². The zero-order valence-corrected chi connectivity index (χ0v) is 21.0. The average Bonchev–Trinajstić information content (AvgIpc) is 3.43. The minimum atomic E-state index is 0.290. The van der Waals surface area contributed by atoms with Gasteiger partial charge in [-0.1, -0.05) is 19.1 Å². The maximum Gasteiger partial charge on any atom is 0.131 e. The molecule has 1 saturated heterocycles. The lowest BCUT2D eigenvalue weighted by molar-refractivity contribution is -0.0510. The van der Waals surface area contributed by atoms with Crippen molar-refractivity contribution in [3.63, 3.8) is 0 Å². The van der Waals surface area contributed by atoms with Crippen LogP contribution < -0.4 is 4.74 Å². The van der Waals surface area contributed by atoms with Crippen LogP contribution in [0.5, 0.6) is 5.75 Å². The van der Waals surface area contributed by atoms with Gasteiger partial charge in [0.25, 0.3) is 0 Å². The van der Waals surface area contributed by atoms with Crippen LogP contribution in [0.4, 0.5) is 0 Å². The molecule has 3 heterocycles. The minimum Gasteiger partial charge on any atom is -0.490 e. The molecule has 1 atom stereocenters. The molecule has 0 unspecified atom stereocenters. The summed E-state index contributed by atoms with van der Waals surface area (Å²) in [6, 6.07) is 2.09. The van der Waals surface area contributed by atoms with Crippen LogP contribution in [0.3, 0.4) is 0 Å². The smallest absolute Gasteiger partial charge is 0.131 e. The van der Waals surface area contributed by atoms with Crippen LogP contribution in [0, 0.1) is 0 Å². The van der Waals surface area contributed by atoms with Crippen LogP contribution in [0.1, 0.15) is 68.7 Å². The Bertz CT molecular complexity index is 958. The van der Waals surface area contributed by atoms with Crippen LogP contribution in [0.2, 0.25) is 0 Å². The van der Waals surface area contributed by atoms with Crippen molar-refractivity contribution in [2.24, 2.45) is 0 Å². The fourth-order valence-electron chi connectivity index (χ4n) is 6.13. The number of pyridine rings is 1. The van der Waals surface area contributed by atoms with E-state index in [0.717, 1.165) is 62.8 Å². The lowest BCUT2D eigenvalue weighted by atomic mass is 9.77. The zero-order chi connectivity index (χ0) is 22.7. The van der Waals surface area contributed by atoms with Gasteiger partial charge in [0.15, 0.2) is 0 Å². The Morgan fingerprint density at radius 1 is 1.24 bits per heavy atom. The van der Waals surface area contributed by atoms with Gasteiger partial charge in [0.05, 0.1) is 37.9 Å². The van der Waals surface area contributed by atoms with Crippen LogP contribution in [-0.2, 0) is 15.9 Å². The number of ether oxygens (including phenoxy) is 3. The van der Waals surface area contributed by atoms with Crippen molar-refractivity contribution in [1.29, 1.82) is 0 Å². The Hall–Kier alpha value is -1.47. The first kappa shape index (κ1) is 23.3. The van der Waals surface area contributed by atoms with Gasteiger partial charge >= 0.3 is 0 Å². The number of rotatable bonds is 8. The number of nitrogens with zero attached hydrogens (tertiary/aromatic N) is 2. The highest BCUT2D eigenvalue weighted by atomic mass is 32.1. The number of hydrogen-bond donors (Lipinski definition) is 0. The molecule has 1 aliphatic heterocycles. The number of hydrogen-bond acceptors (Lipinski definition) is 6. The number of fused-ring (bicyclic) bond motifs is 3. The molecule has 6 heteroatoms. The van der Waals surface area contributed by atoms with Crippen molar-refractivity contribution >= 4 is 21.6 Å². The van der Waals surface area contributed by atoms with E-state index >= 15 is 0 Å². The average molecular weight is 471 g/mol. The molecule has 2 aliphatic carbocycles. The SMILES string of the molecule is CC=CCOC[C@H]1CCc2sc3nccc(OC4CCC(CC)(N5CCOCC5)CC4)c3c21. The van der Waals surface area contributed by atoms with Gasteiger partial charge in [-0.05, 0) is 63.5 Å². The van der Waals surface area contributed by atoms with Gasteiger partial charge in [0, 0.05) is 35.6 Å². The summed E-state index contributed by atoms with van der Waals surface area (Å²) in [5.41, 5.74) is 1.78. The highest BCUT2D eigenvalue weighted by Crippen LogP contribution is 2.47. The summed E-state index contributed by atoms with van der Waals surface area (Å²) in [6.45, 7) is 9.76. The first-order valence-electron chi connectivity index (χ1n) is 12.8. The summed E-state index contributed by atoms with van der Waals surface area (Å²) in [5.74, 6) is 1.49. The number of allylic oxidation sites excluding steroid dienone is 1. The second kappa shape index (κ2) is 10.4. The fourth-order valence-corrected chi connectivity index (χ4v) is 7.38. The van der Waals surface area contributed by atoms with E-state index in [2.05, 4.69) is 24.0 Å². The predicted molar refractivity (Wildman–Crippen MR) is 135 cm³/mol. The Labute approximate surface area is 202 Å². The van der Waals surface area contributed by atoms with Crippen LogP contribution in [0.15, 0.2) is 24.4 Å². The molecule has 1 saturated carbocycles. The Morgan fingerprint density at radius 3 is 2.82 bits per heavy atom. The lowest BCUT2D eigenvalue weighted by Crippen LogP contribution is -2.55. The van der Waals surface area contributed by atoms with Gasteiger partial charge in [-0.15, -0.1) is 11.3 Å². The third-order valence-electron chi connectivity index (χ3n) is 8.06. The number of aromatic nitrogens is 1. The molecule has 0 aromatic carbocycles. The monoisotopic (exact) mass is 470 g/mol. The summed E-state index contributed by atoms with van der Waals surface area (Å²) in [7, 11) is 0. The normalized spacial score (nSPS) is 28.5. The van der Waals surface area contributed by atoms with E-state index in [1.807, 2.05) is 30.5 Å². The quantitative estimate of drug-likeness (QED) is 0.365. The summed E-state index contributed by atoms with van der Waals surface area (Å²) >= 11 is 1.85. The third kappa shape index (κ3) is 4.72. The second-order valence-corrected chi connectivity index (χ2v) is 10.8. The standard InChI is InChI=1S/C27H38N2O3S/c1-3-5-16-31-19-20-6-7-23-24(20)25-22(10-13-28-26(25)33-23)32-21-8-11-27(4-2,12-9-21)29-14-17-30-18-15-29/h3,5,10,13,20-21H,4,6-9,11-12,14-19H2,1-2H3/t20-,21?,27?/m1/s1. The number of aryl methyl sites for hydroxylation is 1. The van der Waals surface area contributed by atoms with Gasteiger partial charge < -0.3 is 14.2 Å². The topological polar surface area (TPSA) is 43.8 Å². The molecule has 2 fully saturated rings. The molecule has 5 nitrogen and oxygen atoms in total. The highest BCUT2D eigenvalue weighted by molar-refractivity contribution is 7.19. The first-order valence-corrected chi connectivity index (χ1v) is 13.6. The van der Waals surface area contributed by atoms with Gasteiger partial charge in [-0.2, -0.15) is 0 Å². The maximum atomic E-state index is 6.74. The van der Waals surface area contributed by atoms with Crippen LogP contribution >= 0.6 is 11.3 Å². The molecule has 2 aromatic rings. The molecule has 0 amide bonds. The third-order valence-corrected chi connectivity index (χ3v) is 9.23. The summed E-state index contributed by atoms with van der Waals surface area (Å²) in [6.07, 6.45) is 14.5. The van der Waals surface area contributed by atoms with Gasteiger partial charge in [0.1, 0.15) is 10.6 Å². The van der Waals surface area contributed by atoms with Crippen LogP contribution in [-0.4, -0.2) is 61.0 Å². The molecular formula is C27H38N2O3S. The summed E-state index contributed by atoms with van der Waals surface area (Å²) < 4.78 is 18.3. The van der Waals surface area contributed by atoms with E-state index in [1.165, 1.54) is 41.5 Å². The minimum absolute atomic E-state index is 0.290. The maximum absolute atomic E-state index is 6.74. The van der Waals surface area contributed by atoms with Crippen molar-refractivity contribution in [2.45, 2.75) is 76.4 Å². The van der Waals surface area contributed by atoms with E-state index in [0.29, 0.717) is 18.1 Å². The summed E-state index contributed by atoms with van der Waals surface area (Å²) in [4.78, 5) is 10.0. The van der Waals surface area contributed by atoms with Gasteiger partial charge in [-0.3, -0.25) is 4.90 Å². The molecule has 33 heavy (non-hydrogen) atoms. The highest BCUT2D eigenvalue weighted by Gasteiger charge is 2.40. The van der Waals surface area contributed by atoms with Gasteiger partial charge in [0.2, 0.25) is 0 Å². The van der Waals surface area contributed by atoms with E-state index < -0.39 is 0 Å². The van der Waals surface area contributed by atoms with Crippen molar-refractivity contribution in [2.75, 3.05) is 39.5 Å². The van der Waals surface area contributed by atoms with Crippen molar-refractivity contribution in [3.8, 4) is 5.75 Å². The largest absolute Gasteiger partial charge is 0.490 e. The molecule has 5 rings (SSSR count). The van der Waals surface area contributed by atoms with Crippen molar-refractivity contribution < 1.29 is 14.2 Å². The molecule has 0 bridgehead atoms. The van der Waals surface area contributed by atoms with E-state index in [1.54, 1.807) is 0 Å². The Balaban J connectivity index is 1.30. The molecule has 3 aliphatic rings. The Kier molecular flexibility index (Phi) is 7.36. The Morgan fingerprint density at radius 2 is 2.06 bits per heavy atom. The summed E-state index contributed by atoms with van der Waals surface area (Å²) in [5, 5.41) is 1.26. The van der Waals surface area contributed by atoms with Crippen molar-refractivity contribution in [3.05, 3.63) is 34.9 Å². The van der Waals surface area contributed by atoms with Gasteiger partial charge in [-0.25, -0.2) is 4.98 Å². The second-order valence-electron chi connectivity index (χ2n) is 9.76. The molecule has 180 valence electrons. The fraction of sp³-hybridized carbons (Fsp3) is 0.667. The molecular weight excluding hydrogens is 432 g/mol. The molecule has 0 spiro atoms. The van der Waals surface area contributed by atoms with Crippen molar-refractivity contribution in [1.82, 2.24) is 9.88 Å². The molecule has 0 N–H and O–H groups in total. The molecule has 2 aromatic heterocycles. The lowest BCUT2D eigenvalue weighted by Gasteiger charge is -2.49. The predicted octanol–water partition coefficient (Wildman–Crippen LogP) is 5.72.